The van der Waals surface area contributed by atoms with E-state index in [0.717, 1.165) is 0 Å². The summed E-state index contributed by atoms with van der Waals surface area (Å²) in [7, 11) is -13.4. The molecule has 0 N–H and O–H groups in total. The molecular formula is C3H3O10P3. The van der Waals surface area contributed by atoms with Gasteiger partial charge in [0.1, 0.15) is 0 Å². The molecule has 3 fully saturated rings. The number of carbonyl (C=O) groups is 1. The molecule has 3 saturated heterocycles. The molecule has 0 spiro atoms. The van der Waals surface area contributed by atoms with E-state index in [4.69, 9.17) is 0 Å². The van der Waals surface area contributed by atoms with Crippen LogP contribution in [-0.4, -0.2) is 18.7 Å². The number of hydrogen-bond donors (Lipinski definition) is 0. The van der Waals surface area contributed by atoms with Crippen LogP contribution >= 0.6 is 23.5 Å². The van der Waals surface area contributed by atoms with Crippen LogP contribution in [0.5, 0.6) is 0 Å². The number of fused-ring (bicyclic) bond motifs is 3. The van der Waals surface area contributed by atoms with E-state index in [1.54, 1.807) is 0 Å². The monoisotopic (exact) mass is 292 g/mol. The van der Waals surface area contributed by atoms with Crippen LogP contribution in [-0.2, 0) is 45.0 Å². The lowest BCUT2D eigenvalue weighted by Crippen LogP contribution is -2.27. The molecule has 13 heteroatoms. The molecule has 0 aromatic rings. The Kier molecular flexibility index (Phi) is 2.11. The minimum absolute atomic E-state index is 0.566. The second-order valence-corrected chi connectivity index (χ2v) is 8.18. The molecule has 0 amide bonds. The third kappa shape index (κ3) is 1.63. The van der Waals surface area contributed by atoms with Crippen molar-refractivity contribution in [2.75, 3.05) is 6.61 Å². The van der Waals surface area contributed by atoms with Gasteiger partial charge in [-0.05, 0) is 0 Å². The predicted molar refractivity (Wildman–Crippen MR) is 43.0 cm³/mol. The standard InChI is InChI=1S/C3H3O10P3/c4-3-2-1-8-14(5)11-15(6,9-2)13-16(7,10-3)12-14/h2H,1H2. The summed E-state index contributed by atoms with van der Waals surface area (Å²) in [4.78, 5) is 11.2. The SMILES string of the molecule is O=C1OP2(=O)OP3(=O)OCC1OP(=O)(O3)O2. The molecule has 0 radical (unpaired) electrons. The Hall–Kier alpha value is -0.0400. The Morgan fingerprint density at radius 2 is 1.62 bits per heavy atom. The van der Waals surface area contributed by atoms with Gasteiger partial charge in [0.25, 0.3) is 0 Å². The Balaban J connectivity index is 2.20. The lowest BCUT2D eigenvalue weighted by Gasteiger charge is -2.26. The molecule has 4 unspecified atom stereocenters. The van der Waals surface area contributed by atoms with Crippen molar-refractivity contribution in [1.82, 2.24) is 0 Å². The zero-order valence-electron chi connectivity index (χ0n) is 7.21. The van der Waals surface area contributed by atoms with E-state index in [0.29, 0.717) is 0 Å². The van der Waals surface area contributed by atoms with Gasteiger partial charge in [0, 0.05) is 0 Å². The summed E-state index contributed by atoms with van der Waals surface area (Å²) in [5.41, 5.74) is 0. The van der Waals surface area contributed by atoms with E-state index in [1.165, 1.54) is 0 Å². The van der Waals surface area contributed by atoms with Gasteiger partial charge >= 0.3 is 29.4 Å². The van der Waals surface area contributed by atoms with Crippen molar-refractivity contribution in [3.05, 3.63) is 0 Å². The summed E-state index contributed by atoms with van der Waals surface area (Å²) in [6.45, 7) is -0.566. The minimum Gasteiger partial charge on any atom is -0.368 e. The Morgan fingerprint density at radius 3 is 2.38 bits per heavy atom. The Labute approximate surface area is 87.9 Å². The molecule has 16 heavy (non-hydrogen) atoms. The number of phosphoric acid groups is 3. The normalized spacial score (nSPS) is 55.5. The largest absolute Gasteiger partial charge is 0.550 e. The first-order chi connectivity index (χ1) is 7.32. The molecule has 3 rings (SSSR count). The van der Waals surface area contributed by atoms with Gasteiger partial charge in [-0.15, -0.1) is 0 Å². The Bertz CT molecular complexity index is 501. The van der Waals surface area contributed by atoms with Crippen LogP contribution in [0, 0.1) is 0 Å². The molecule has 0 aromatic heterocycles. The molecule has 0 aromatic carbocycles. The molecular weight excluding hydrogens is 289 g/mol. The highest BCUT2D eigenvalue weighted by molar-refractivity contribution is 7.75. The van der Waals surface area contributed by atoms with Crippen LogP contribution < -0.4 is 0 Å². The fourth-order valence-corrected chi connectivity index (χ4v) is 7.32. The maximum absolute atomic E-state index is 11.7. The zero-order chi connectivity index (χ0) is 11.6. The van der Waals surface area contributed by atoms with Crippen molar-refractivity contribution in [2.24, 2.45) is 0 Å². The van der Waals surface area contributed by atoms with Crippen molar-refractivity contribution in [1.29, 1.82) is 0 Å². The molecule has 90 valence electrons. The van der Waals surface area contributed by atoms with E-state index in [9.17, 15) is 18.5 Å². The van der Waals surface area contributed by atoms with Gasteiger partial charge in [-0.3, -0.25) is 9.05 Å². The fraction of sp³-hybridized carbons (Fsp3) is 0.667. The third-order valence-corrected chi connectivity index (χ3v) is 7.89. The zero-order valence-corrected chi connectivity index (χ0v) is 9.89. The number of carbonyl (C=O) groups excluding carboxylic acids is 1. The first kappa shape index (κ1) is 11.1. The van der Waals surface area contributed by atoms with Crippen LogP contribution in [0.3, 0.4) is 0 Å². The van der Waals surface area contributed by atoms with E-state index in [1.807, 2.05) is 0 Å². The summed E-state index contributed by atoms with van der Waals surface area (Å²) in [5, 5.41) is 0. The van der Waals surface area contributed by atoms with E-state index in [2.05, 4.69) is 26.5 Å². The summed E-state index contributed by atoms with van der Waals surface area (Å²) in [6, 6.07) is 0. The molecule has 3 aliphatic heterocycles. The first-order valence-corrected chi connectivity index (χ1v) is 8.20. The average Bonchev–Trinajstić information content (AvgIpc) is 2.20. The van der Waals surface area contributed by atoms with Crippen molar-refractivity contribution in [2.45, 2.75) is 6.10 Å². The summed E-state index contributed by atoms with van der Waals surface area (Å²) < 4.78 is 61.3. The highest BCUT2D eigenvalue weighted by atomic mass is 31.3. The van der Waals surface area contributed by atoms with Crippen LogP contribution in [0.4, 0.5) is 0 Å². The van der Waals surface area contributed by atoms with Gasteiger partial charge in [-0.25, -0.2) is 18.5 Å². The maximum Gasteiger partial charge on any atom is 0.550 e. The van der Waals surface area contributed by atoms with E-state index in [-0.39, 0.29) is 0 Å². The van der Waals surface area contributed by atoms with Gasteiger partial charge in [0.15, 0.2) is 6.10 Å². The molecule has 0 saturated carbocycles. The lowest BCUT2D eigenvalue weighted by molar-refractivity contribution is -0.143. The fourth-order valence-electron chi connectivity index (χ4n) is 1.16. The summed E-state index contributed by atoms with van der Waals surface area (Å²) in [6.07, 6.45) is -1.48. The molecule has 4 bridgehead atoms. The topological polar surface area (TPSA) is 124 Å². The maximum atomic E-state index is 11.7. The van der Waals surface area contributed by atoms with Crippen LogP contribution in [0.2, 0.25) is 0 Å². The van der Waals surface area contributed by atoms with Crippen LogP contribution in [0.15, 0.2) is 0 Å². The van der Waals surface area contributed by atoms with Gasteiger partial charge in [-0.1, -0.05) is 0 Å². The third-order valence-electron chi connectivity index (χ3n) is 1.71. The number of rotatable bonds is 0. The van der Waals surface area contributed by atoms with Gasteiger partial charge < -0.3 is 4.52 Å². The van der Waals surface area contributed by atoms with Crippen molar-refractivity contribution < 1.29 is 45.0 Å². The lowest BCUT2D eigenvalue weighted by atomic mass is 10.4. The second kappa shape index (κ2) is 3.04. The first-order valence-electron chi connectivity index (χ1n) is 3.82. The smallest absolute Gasteiger partial charge is 0.368 e. The predicted octanol–water partition coefficient (Wildman–Crippen LogP) is 1.35. The quantitative estimate of drug-likeness (QED) is 0.604. The van der Waals surface area contributed by atoms with Crippen LogP contribution in [0.1, 0.15) is 0 Å². The minimum atomic E-state index is -4.59. The van der Waals surface area contributed by atoms with Gasteiger partial charge in [0.05, 0.1) is 6.61 Å². The summed E-state index contributed by atoms with van der Waals surface area (Å²) in [5.74, 6) is -1.15. The molecule has 0 aliphatic carbocycles. The second-order valence-electron chi connectivity index (χ2n) is 2.89. The van der Waals surface area contributed by atoms with Crippen LogP contribution in [0.25, 0.3) is 0 Å². The van der Waals surface area contributed by atoms with Crippen molar-refractivity contribution in [3.8, 4) is 0 Å². The van der Waals surface area contributed by atoms with E-state index >= 15 is 0 Å². The van der Waals surface area contributed by atoms with Crippen molar-refractivity contribution >= 4 is 29.4 Å². The highest BCUT2D eigenvalue weighted by Crippen LogP contribution is 2.85. The molecule has 3 aliphatic rings. The highest BCUT2D eigenvalue weighted by Gasteiger charge is 2.64. The molecule has 10 nitrogen and oxygen atoms in total. The average molecular weight is 292 g/mol. The molecule has 4 atom stereocenters. The number of hydrogen-bond acceptors (Lipinski definition) is 10. The van der Waals surface area contributed by atoms with Gasteiger partial charge in [-0.2, -0.15) is 12.9 Å². The van der Waals surface area contributed by atoms with Gasteiger partial charge in [0.2, 0.25) is 0 Å². The Morgan fingerprint density at radius 1 is 1.00 bits per heavy atom. The molecule has 3 heterocycles. The van der Waals surface area contributed by atoms with Crippen molar-refractivity contribution in [3.63, 3.8) is 0 Å². The summed E-state index contributed by atoms with van der Waals surface area (Å²) >= 11 is 0. The van der Waals surface area contributed by atoms with E-state index < -0.39 is 42.1 Å².